The Bertz CT molecular complexity index is 353. The molecule has 0 fully saturated rings. The zero-order chi connectivity index (χ0) is 13.1. The van der Waals surface area contributed by atoms with E-state index in [9.17, 15) is 18.3 Å². The van der Waals surface area contributed by atoms with Crippen LogP contribution in [0.3, 0.4) is 0 Å². The third kappa shape index (κ3) is 4.57. The summed E-state index contributed by atoms with van der Waals surface area (Å²) in [5.41, 5.74) is 1.89. The van der Waals surface area contributed by atoms with Crippen molar-refractivity contribution in [3.05, 3.63) is 29.8 Å². The molecule has 2 atom stereocenters. The third-order valence-electron chi connectivity index (χ3n) is 2.33. The van der Waals surface area contributed by atoms with Gasteiger partial charge >= 0.3 is 5.51 Å². The van der Waals surface area contributed by atoms with Crippen LogP contribution in [0, 0.1) is 0 Å². The first-order chi connectivity index (χ1) is 7.83. The molecule has 0 aromatic heterocycles. The average Bonchev–Trinajstić information content (AvgIpc) is 2.26. The standard InChI is InChI=1S/C11H14F3NOS/c1-2-9(15)10(16)7-3-5-8(6-4-7)17-11(12,13)14/h3-6,9-10,16H,2,15H2,1H3. The van der Waals surface area contributed by atoms with Crippen molar-refractivity contribution < 1.29 is 18.3 Å². The molecular weight excluding hydrogens is 251 g/mol. The van der Waals surface area contributed by atoms with Crippen molar-refractivity contribution in [3.8, 4) is 0 Å². The molecule has 0 bridgehead atoms. The monoisotopic (exact) mass is 265 g/mol. The highest BCUT2D eigenvalue weighted by Gasteiger charge is 2.29. The van der Waals surface area contributed by atoms with Crippen LogP contribution in [0.15, 0.2) is 29.2 Å². The van der Waals surface area contributed by atoms with Crippen LogP contribution >= 0.6 is 11.8 Å². The lowest BCUT2D eigenvalue weighted by Gasteiger charge is -2.17. The van der Waals surface area contributed by atoms with E-state index < -0.39 is 17.7 Å². The number of benzene rings is 1. The van der Waals surface area contributed by atoms with Crippen LogP contribution in [-0.2, 0) is 0 Å². The average molecular weight is 265 g/mol. The summed E-state index contributed by atoms with van der Waals surface area (Å²) in [5.74, 6) is 0. The van der Waals surface area contributed by atoms with Gasteiger partial charge in [-0.3, -0.25) is 0 Å². The second kappa shape index (κ2) is 5.75. The van der Waals surface area contributed by atoms with Gasteiger partial charge < -0.3 is 10.8 Å². The van der Waals surface area contributed by atoms with Crippen LogP contribution in [0.2, 0.25) is 0 Å². The summed E-state index contributed by atoms with van der Waals surface area (Å²) in [4.78, 5) is 0.0959. The third-order valence-corrected chi connectivity index (χ3v) is 3.07. The summed E-state index contributed by atoms with van der Waals surface area (Å²) in [6.45, 7) is 1.84. The highest BCUT2D eigenvalue weighted by atomic mass is 32.2. The normalized spacial score (nSPS) is 15.6. The van der Waals surface area contributed by atoms with E-state index in [-0.39, 0.29) is 16.7 Å². The number of thioether (sulfide) groups is 1. The number of rotatable bonds is 4. The number of halogens is 3. The van der Waals surface area contributed by atoms with E-state index in [0.717, 1.165) is 0 Å². The molecule has 0 amide bonds. The molecule has 96 valence electrons. The predicted octanol–water partition coefficient (Wildman–Crippen LogP) is 3.07. The molecule has 0 spiro atoms. The van der Waals surface area contributed by atoms with E-state index >= 15 is 0 Å². The van der Waals surface area contributed by atoms with Gasteiger partial charge in [-0.15, -0.1) is 0 Å². The lowest BCUT2D eigenvalue weighted by Crippen LogP contribution is -2.27. The summed E-state index contributed by atoms with van der Waals surface area (Å²) in [5, 5.41) is 9.76. The maximum atomic E-state index is 12.1. The number of hydrogen-bond donors (Lipinski definition) is 2. The van der Waals surface area contributed by atoms with Gasteiger partial charge in [-0.05, 0) is 35.9 Å². The van der Waals surface area contributed by atoms with Crippen molar-refractivity contribution in [1.29, 1.82) is 0 Å². The van der Waals surface area contributed by atoms with Gasteiger partial charge in [0.1, 0.15) is 0 Å². The minimum Gasteiger partial charge on any atom is -0.387 e. The van der Waals surface area contributed by atoms with Gasteiger partial charge in [-0.1, -0.05) is 19.1 Å². The van der Waals surface area contributed by atoms with Crippen LogP contribution in [-0.4, -0.2) is 16.7 Å². The first-order valence-electron chi connectivity index (χ1n) is 5.13. The molecule has 0 saturated heterocycles. The quantitative estimate of drug-likeness (QED) is 0.822. The highest BCUT2D eigenvalue weighted by molar-refractivity contribution is 8.00. The zero-order valence-corrected chi connectivity index (χ0v) is 10.1. The molecule has 3 N–H and O–H groups in total. The van der Waals surface area contributed by atoms with Gasteiger partial charge in [0.05, 0.1) is 6.10 Å². The lowest BCUT2D eigenvalue weighted by atomic mass is 10.0. The summed E-state index contributed by atoms with van der Waals surface area (Å²) in [7, 11) is 0. The smallest absolute Gasteiger partial charge is 0.387 e. The Kier molecular flexibility index (Phi) is 4.85. The number of hydrogen-bond acceptors (Lipinski definition) is 3. The highest BCUT2D eigenvalue weighted by Crippen LogP contribution is 2.37. The maximum absolute atomic E-state index is 12.1. The van der Waals surface area contributed by atoms with Gasteiger partial charge in [-0.2, -0.15) is 13.2 Å². The van der Waals surface area contributed by atoms with Crippen molar-refractivity contribution in [2.24, 2.45) is 5.73 Å². The molecule has 0 aliphatic rings. The number of alkyl halides is 3. The summed E-state index contributed by atoms with van der Waals surface area (Å²) < 4.78 is 36.2. The first-order valence-corrected chi connectivity index (χ1v) is 5.94. The van der Waals surface area contributed by atoms with Gasteiger partial charge in [-0.25, -0.2) is 0 Å². The molecule has 1 aromatic rings. The molecular formula is C11H14F3NOS. The van der Waals surface area contributed by atoms with Gasteiger partial charge in [0.15, 0.2) is 0 Å². The molecule has 0 heterocycles. The molecule has 1 aromatic carbocycles. The second-order valence-corrected chi connectivity index (χ2v) is 4.77. The molecule has 0 radical (unpaired) electrons. The molecule has 0 saturated carbocycles. The van der Waals surface area contributed by atoms with E-state index in [1.165, 1.54) is 24.3 Å². The SMILES string of the molecule is CCC(N)C(O)c1ccc(SC(F)(F)F)cc1. The topological polar surface area (TPSA) is 46.2 Å². The Morgan fingerprint density at radius 1 is 1.29 bits per heavy atom. The summed E-state index contributed by atoms with van der Waals surface area (Å²) >= 11 is -0.178. The minimum absolute atomic E-state index is 0.0959. The number of aliphatic hydroxyl groups excluding tert-OH is 1. The maximum Gasteiger partial charge on any atom is 0.446 e. The lowest BCUT2D eigenvalue weighted by molar-refractivity contribution is -0.0328. The Labute approximate surface area is 102 Å². The van der Waals surface area contributed by atoms with Crippen LogP contribution in [0.4, 0.5) is 13.2 Å². The molecule has 2 unspecified atom stereocenters. The second-order valence-electron chi connectivity index (χ2n) is 3.63. The van der Waals surface area contributed by atoms with Crippen LogP contribution < -0.4 is 5.73 Å². The van der Waals surface area contributed by atoms with Gasteiger partial charge in [0.2, 0.25) is 0 Å². The van der Waals surface area contributed by atoms with E-state index in [0.29, 0.717) is 12.0 Å². The minimum atomic E-state index is -4.29. The molecule has 0 aliphatic heterocycles. The summed E-state index contributed by atoms with van der Waals surface area (Å²) in [6.07, 6.45) is -0.245. The Morgan fingerprint density at radius 3 is 2.24 bits per heavy atom. The van der Waals surface area contributed by atoms with Gasteiger partial charge in [0.25, 0.3) is 0 Å². The van der Waals surface area contributed by atoms with Crippen molar-refractivity contribution >= 4 is 11.8 Å². The van der Waals surface area contributed by atoms with Gasteiger partial charge in [0, 0.05) is 10.9 Å². The fourth-order valence-electron chi connectivity index (χ4n) is 1.34. The van der Waals surface area contributed by atoms with Crippen LogP contribution in [0.5, 0.6) is 0 Å². The van der Waals surface area contributed by atoms with E-state index in [4.69, 9.17) is 5.73 Å². The van der Waals surface area contributed by atoms with Crippen molar-refractivity contribution in [3.63, 3.8) is 0 Å². The largest absolute Gasteiger partial charge is 0.446 e. The molecule has 0 aliphatic carbocycles. The fraction of sp³-hybridized carbons (Fsp3) is 0.455. The fourth-order valence-corrected chi connectivity index (χ4v) is 1.88. The Hall–Kier alpha value is -0.720. The molecule has 17 heavy (non-hydrogen) atoms. The van der Waals surface area contributed by atoms with Crippen LogP contribution in [0.1, 0.15) is 25.0 Å². The predicted molar refractivity (Wildman–Crippen MR) is 61.6 cm³/mol. The molecule has 1 rings (SSSR count). The van der Waals surface area contributed by atoms with Crippen molar-refractivity contribution in [2.75, 3.05) is 0 Å². The molecule has 2 nitrogen and oxygen atoms in total. The van der Waals surface area contributed by atoms with Crippen LogP contribution in [0.25, 0.3) is 0 Å². The number of aliphatic hydroxyl groups is 1. The summed E-state index contributed by atoms with van der Waals surface area (Å²) in [6, 6.07) is 5.19. The number of nitrogens with two attached hydrogens (primary N) is 1. The van der Waals surface area contributed by atoms with E-state index in [2.05, 4.69) is 0 Å². The van der Waals surface area contributed by atoms with E-state index in [1.54, 1.807) is 0 Å². The van der Waals surface area contributed by atoms with E-state index in [1.807, 2.05) is 6.92 Å². The zero-order valence-electron chi connectivity index (χ0n) is 9.24. The Morgan fingerprint density at radius 2 is 1.82 bits per heavy atom. The van der Waals surface area contributed by atoms with Crippen molar-refractivity contribution in [1.82, 2.24) is 0 Å². The van der Waals surface area contributed by atoms with Crippen molar-refractivity contribution in [2.45, 2.75) is 35.9 Å². The Balaban J connectivity index is 2.74. The first kappa shape index (κ1) is 14.3. The molecule has 6 heteroatoms.